The minimum Gasteiger partial charge on any atom is -0.399 e. The summed E-state index contributed by atoms with van der Waals surface area (Å²) in [5, 5.41) is 25.5. The van der Waals surface area contributed by atoms with E-state index in [2.05, 4.69) is 76.2 Å². The first-order valence-corrected chi connectivity index (χ1v) is 17.1. The van der Waals surface area contributed by atoms with E-state index in [4.69, 9.17) is 13.9 Å². The third-order valence-electron chi connectivity index (χ3n) is 8.66. The Morgan fingerprint density at radius 2 is 1.41 bits per heavy atom. The van der Waals surface area contributed by atoms with Gasteiger partial charge in [0.25, 0.3) is 8.32 Å². The summed E-state index contributed by atoms with van der Waals surface area (Å²) in [7, 11) is -3.01. The molecule has 1 spiro atoms. The van der Waals surface area contributed by atoms with E-state index < -0.39 is 32.3 Å². The van der Waals surface area contributed by atoms with Gasteiger partial charge in [-0.15, -0.1) is 0 Å². The fourth-order valence-electron chi connectivity index (χ4n) is 6.56. The van der Waals surface area contributed by atoms with Crippen molar-refractivity contribution >= 4 is 18.7 Å². The lowest BCUT2D eigenvalue weighted by Gasteiger charge is -2.47. The number of aliphatic hydroxyl groups excluding tert-OH is 1. The van der Waals surface area contributed by atoms with E-state index in [0.29, 0.717) is 19.3 Å². The molecule has 2 fully saturated rings. The maximum Gasteiger partial charge on any atom is 0.261 e. The second kappa shape index (κ2) is 13.0. The predicted octanol–water partition coefficient (Wildman–Crippen LogP) is 6.40. The molecular formula is C33H50O5Si. The number of benzene rings is 2. The van der Waals surface area contributed by atoms with Crippen LogP contribution in [-0.2, 0) is 13.9 Å². The topological polar surface area (TPSA) is 68.2 Å². The van der Waals surface area contributed by atoms with Crippen molar-refractivity contribution in [1.29, 1.82) is 0 Å². The summed E-state index contributed by atoms with van der Waals surface area (Å²) in [6.07, 6.45) is 9.52. The molecule has 2 aliphatic rings. The molecule has 0 radical (unpaired) electrons. The van der Waals surface area contributed by atoms with Gasteiger partial charge < -0.3 is 24.1 Å². The number of rotatable bonds is 12. The van der Waals surface area contributed by atoms with E-state index in [-0.39, 0.29) is 5.04 Å². The van der Waals surface area contributed by atoms with Gasteiger partial charge in [0.05, 0.1) is 0 Å². The second-order valence-electron chi connectivity index (χ2n) is 12.6. The van der Waals surface area contributed by atoms with Crippen molar-refractivity contribution in [2.24, 2.45) is 0 Å². The minimum atomic E-state index is -3.01. The average molecular weight is 555 g/mol. The molecule has 4 rings (SSSR count). The van der Waals surface area contributed by atoms with Gasteiger partial charge in [0.15, 0.2) is 5.79 Å². The molecular weight excluding hydrogens is 504 g/mol. The molecule has 39 heavy (non-hydrogen) atoms. The maximum atomic E-state index is 12.2. The zero-order valence-electron chi connectivity index (χ0n) is 24.5. The lowest BCUT2D eigenvalue weighted by Crippen LogP contribution is -2.70. The first kappa shape index (κ1) is 30.4. The van der Waals surface area contributed by atoms with E-state index in [1.807, 2.05) is 12.1 Å². The van der Waals surface area contributed by atoms with Crippen molar-refractivity contribution in [3.63, 3.8) is 0 Å². The summed E-state index contributed by atoms with van der Waals surface area (Å²) in [5.41, 5.74) is 0. The highest BCUT2D eigenvalue weighted by atomic mass is 28.4. The van der Waals surface area contributed by atoms with E-state index in [9.17, 15) is 10.2 Å². The number of aliphatic hydroxyl groups is 2. The van der Waals surface area contributed by atoms with Gasteiger partial charge in [-0.05, 0) is 34.7 Å². The Hall–Kier alpha value is -1.54. The molecule has 1 saturated heterocycles. The molecule has 2 aromatic carbocycles. The van der Waals surface area contributed by atoms with Gasteiger partial charge in [-0.1, -0.05) is 133 Å². The quantitative estimate of drug-likeness (QED) is 0.235. The number of hydrogen-bond acceptors (Lipinski definition) is 5. The van der Waals surface area contributed by atoms with Crippen molar-refractivity contribution < 1.29 is 24.1 Å². The molecule has 2 aromatic rings. The van der Waals surface area contributed by atoms with Crippen LogP contribution in [0.3, 0.4) is 0 Å². The first-order chi connectivity index (χ1) is 18.7. The summed E-state index contributed by atoms with van der Waals surface area (Å²) in [6, 6.07) is 20.9. The zero-order valence-corrected chi connectivity index (χ0v) is 25.5. The Morgan fingerprint density at radius 3 is 1.95 bits per heavy atom. The monoisotopic (exact) mass is 554 g/mol. The summed E-state index contributed by atoms with van der Waals surface area (Å²) in [4.78, 5) is 0. The van der Waals surface area contributed by atoms with Crippen molar-refractivity contribution in [2.75, 3.05) is 0 Å². The van der Waals surface area contributed by atoms with Gasteiger partial charge in [0, 0.05) is 12.8 Å². The van der Waals surface area contributed by atoms with E-state index in [1.54, 1.807) is 0 Å². The van der Waals surface area contributed by atoms with Gasteiger partial charge in [0.1, 0.15) is 6.10 Å². The normalized spacial score (nSPS) is 24.2. The van der Waals surface area contributed by atoms with Gasteiger partial charge in [0.2, 0.25) is 12.1 Å². The second-order valence-corrected chi connectivity index (χ2v) is 16.9. The summed E-state index contributed by atoms with van der Waals surface area (Å²) in [6.45, 7) is 8.92. The Labute approximate surface area is 237 Å². The summed E-state index contributed by atoms with van der Waals surface area (Å²) in [5.74, 6) is -2.88. The van der Waals surface area contributed by atoms with Crippen LogP contribution in [0.5, 0.6) is 0 Å². The fourth-order valence-corrected chi connectivity index (χ4v) is 11.3. The fraction of sp³-hybridized carbons (Fsp3) is 0.636. The van der Waals surface area contributed by atoms with Crippen LogP contribution in [0.15, 0.2) is 60.7 Å². The molecule has 5 nitrogen and oxygen atoms in total. The predicted molar refractivity (Wildman–Crippen MR) is 159 cm³/mol. The molecule has 1 unspecified atom stereocenters. The summed E-state index contributed by atoms with van der Waals surface area (Å²) < 4.78 is 20.0. The highest BCUT2D eigenvalue weighted by molar-refractivity contribution is 6.99. The molecule has 216 valence electrons. The first-order valence-electron chi connectivity index (χ1n) is 15.2. The van der Waals surface area contributed by atoms with Crippen LogP contribution in [0, 0.1) is 0 Å². The SMILES string of the molecule is CCCCCCCC[C@H](O[Si](c1ccccc1)(c1ccccc1)C(C)(C)C)[C@@]1(O)OC2(CCCCC2)OC1O. The minimum absolute atomic E-state index is 0.265. The standard InChI is InChI=1S/C33H50O5Si/c1-5-6-7-8-9-17-24-29(33(35)30(34)36-32(38-33)25-18-12-19-26-32)37-39(31(2,3)4,27-20-13-10-14-21-27)28-22-15-11-16-23-28/h10-11,13-16,20-23,29-30,34-35H,5-9,12,17-19,24-26H2,1-4H3/t29-,30?,33+/m0/s1. The van der Waals surface area contributed by atoms with Crippen LogP contribution in [0.2, 0.25) is 5.04 Å². The van der Waals surface area contributed by atoms with Crippen LogP contribution in [0.4, 0.5) is 0 Å². The summed E-state index contributed by atoms with van der Waals surface area (Å²) >= 11 is 0. The Balaban J connectivity index is 1.74. The molecule has 1 aliphatic carbocycles. The van der Waals surface area contributed by atoms with Crippen LogP contribution in [-0.4, -0.2) is 42.5 Å². The van der Waals surface area contributed by atoms with Gasteiger partial charge in [-0.3, -0.25) is 0 Å². The van der Waals surface area contributed by atoms with Gasteiger partial charge >= 0.3 is 0 Å². The molecule has 1 saturated carbocycles. The average Bonchev–Trinajstić information content (AvgIpc) is 3.17. The van der Waals surface area contributed by atoms with Crippen LogP contribution in [0.1, 0.15) is 105 Å². The third-order valence-corrected chi connectivity index (χ3v) is 13.7. The molecule has 6 heteroatoms. The molecule has 1 aliphatic heterocycles. The Morgan fingerprint density at radius 1 is 0.872 bits per heavy atom. The maximum absolute atomic E-state index is 12.2. The highest BCUT2D eigenvalue weighted by Gasteiger charge is 2.63. The van der Waals surface area contributed by atoms with Crippen molar-refractivity contribution in [3.05, 3.63) is 60.7 Å². The molecule has 0 amide bonds. The Bertz CT molecular complexity index is 962. The molecule has 3 atom stereocenters. The van der Waals surface area contributed by atoms with Crippen molar-refractivity contribution in [1.82, 2.24) is 0 Å². The van der Waals surface area contributed by atoms with E-state index in [0.717, 1.165) is 48.9 Å². The Kier molecular flexibility index (Phi) is 10.1. The number of unbranched alkanes of at least 4 members (excludes halogenated alkanes) is 5. The number of ether oxygens (including phenoxy) is 2. The largest absolute Gasteiger partial charge is 0.399 e. The molecule has 1 heterocycles. The lowest BCUT2D eigenvalue weighted by atomic mass is 9.94. The van der Waals surface area contributed by atoms with Gasteiger partial charge in [-0.25, -0.2) is 0 Å². The zero-order chi connectivity index (χ0) is 28.0. The van der Waals surface area contributed by atoms with Gasteiger partial charge in [-0.2, -0.15) is 0 Å². The van der Waals surface area contributed by atoms with Crippen LogP contribution in [0.25, 0.3) is 0 Å². The van der Waals surface area contributed by atoms with Crippen molar-refractivity contribution in [2.45, 2.75) is 134 Å². The third kappa shape index (κ3) is 6.52. The molecule has 0 aromatic heterocycles. The smallest absolute Gasteiger partial charge is 0.261 e. The van der Waals surface area contributed by atoms with Crippen molar-refractivity contribution in [3.8, 4) is 0 Å². The van der Waals surface area contributed by atoms with E-state index >= 15 is 0 Å². The van der Waals surface area contributed by atoms with Crippen LogP contribution < -0.4 is 10.4 Å². The molecule has 2 N–H and O–H groups in total. The molecule has 0 bridgehead atoms. The highest BCUT2D eigenvalue weighted by Crippen LogP contribution is 2.48. The lowest BCUT2D eigenvalue weighted by molar-refractivity contribution is -0.294. The van der Waals surface area contributed by atoms with Crippen LogP contribution >= 0.6 is 0 Å². The van der Waals surface area contributed by atoms with E-state index in [1.165, 1.54) is 19.3 Å². The number of hydrogen-bond donors (Lipinski definition) is 2.